The van der Waals surface area contributed by atoms with Crippen LogP contribution in [0.2, 0.25) is 0 Å². The summed E-state index contributed by atoms with van der Waals surface area (Å²) in [5.74, 6) is -1.66. The van der Waals surface area contributed by atoms with E-state index in [2.05, 4.69) is 5.32 Å². The Bertz CT molecular complexity index is 412. The molecule has 0 radical (unpaired) electrons. The fourth-order valence-electron chi connectivity index (χ4n) is 1.97. The first-order valence-electron chi connectivity index (χ1n) is 6.35. The van der Waals surface area contributed by atoms with Crippen molar-refractivity contribution in [2.45, 2.75) is 32.9 Å². The quantitative estimate of drug-likeness (QED) is 0.622. The van der Waals surface area contributed by atoms with Gasteiger partial charge in [-0.15, -0.1) is 0 Å². The highest BCUT2D eigenvalue weighted by Gasteiger charge is 2.47. The first-order valence-corrected chi connectivity index (χ1v) is 6.35. The first kappa shape index (κ1) is 16.2. The molecule has 0 aromatic rings. The number of carbonyl (C=O) groups is 3. The topological polar surface area (TPSA) is 122 Å². The maximum absolute atomic E-state index is 12.1. The van der Waals surface area contributed by atoms with Crippen molar-refractivity contribution in [2.75, 3.05) is 19.8 Å². The number of aliphatic carboxylic acids is 1. The van der Waals surface area contributed by atoms with Crippen LogP contribution in [0.5, 0.6) is 0 Å². The van der Waals surface area contributed by atoms with Crippen molar-refractivity contribution >= 4 is 17.9 Å². The first-order chi connectivity index (χ1) is 9.18. The van der Waals surface area contributed by atoms with E-state index in [1.807, 2.05) is 0 Å². The number of primary amides is 1. The van der Waals surface area contributed by atoms with Crippen molar-refractivity contribution in [3.63, 3.8) is 0 Å². The smallest absolute Gasteiger partial charge is 0.318 e. The van der Waals surface area contributed by atoms with E-state index in [1.165, 1.54) is 11.8 Å². The van der Waals surface area contributed by atoms with Gasteiger partial charge in [0.05, 0.1) is 19.3 Å². The number of nitrogens with two attached hydrogens (primary N) is 1. The lowest BCUT2D eigenvalue weighted by atomic mass is 9.85. The molecule has 114 valence electrons. The molecular weight excluding hydrogens is 266 g/mol. The maximum atomic E-state index is 12.1. The van der Waals surface area contributed by atoms with E-state index in [1.54, 1.807) is 13.8 Å². The predicted octanol–water partition coefficient (Wildman–Crippen LogP) is -0.619. The molecule has 1 aliphatic heterocycles. The van der Waals surface area contributed by atoms with Crippen molar-refractivity contribution in [1.29, 1.82) is 0 Å². The number of hydrogen-bond donors (Lipinski definition) is 3. The molecule has 0 aromatic heterocycles. The summed E-state index contributed by atoms with van der Waals surface area (Å²) in [7, 11) is 0. The number of nitrogens with zero attached hydrogens (tertiary/aromatic N) is 1. The van der Waals surface area contributed by atoms with Gasteiger partial charge < -0.3 is 25.8 Å². The van der Waals surface area contributed by atoms with Gasteiger partial charge in [-0.25, -0.2) is 4.79 Å². The van der Waals surface area contributed by atoms with Crippen LogP contribution in [0.15, 0.2) is 0 Å². The number of carboxylic acids is 1. The molecule has 0 aromatic carbocycles. The Labute approximate surface area is 117 Å². The van der Waals surface area contributed by atoms with Gasteiger partial charge in [0.25, 0.3) is 0 Å². The monoisotopic (exact) mass is 287 g/mol. The molecule has 1 fully saturated rings. The number of carboxylic acid groups (broad SMARTS) is 1. The molecule has 1 aliphatic rings. The molecule has 3 amide bonds. The maximum Gasteiger partial charge on any atom is 0.318 e. The summed E-state index contributed by atoms with van der Waals surface area (Å²) < 4.78 is 5.15. The summed E-state index contributed by atoms with van der Waals surface area (Å²) in [5.41, 5.74) is 3.92. The third-order valence-electron chi connectivity index (χ3n) is 3.45. The largest absolute Gasteiger partial charge is 0.481 e. The number of carbonyl (C=O) groups excluding carboxylic acids is 2. The Hall–Kier alpha value is -1.83. The van der Waals surface area contributed by atoms with Gasteiger partial charge in [-0.2, -0.15) is 0 Å². The minimum absolute atomic E-state index is 0.0325. The van der Waals surface area contributed by atoms with Gasteiger partial charge in [0.15, 0.2) is 0 Å². The average Bonchev–Trinajstić information content (AvgIpc) is 2.68. The van der Waals surface area contributed by atoms with E-state index < -0.39 is 29.4 Å². The number of amides is 3. The SMILES string of the molecule is CC(C)N(CC(N)=O)C(=O)NC1COCC1(C)C(=O)O. The summed E-state index contributed by atoms with van der Waals surface area (Å²) >= 11 is 0. The average molecular weight is 287 g/mol. The van der Waals surface area contributed by atoms with Crippen LogP contribution in [0.25, 0.3) is 0 Å². The molecule has 0 aliphatic carbocycles. The minimum Gasteiger partial charge on any atom is -0.481 e. The third kappa shape index (κ3) is 3.38. The molecular formula is C12H21N3O5. The van der Waals surface area contributed by atoms with E-state index in [4.69, 9.17) is 10.5 Å². The molecule has 20 heavy (non-hydrogen) atoms. The third-order valence-corrected chi connectivity index (χ3v) is 3.45. The number of hydrogen-bond acceptors (Lipinski definition) is 4. The molecule has 2 unspecified atom stereocenters. The highest BCUT2D eigenvalue weighted by Crippen LogP contribution is 2.28. The van der Waals surface area contributed by atoms with Gasteiger partial charge >= 0.3 is 12.0 Å². The van der Waals surface area contributed by atoms with Crippen molar-refractivity contribution in [1.82, 2.24) is 10.2 Å². The van der Waals surface area contributed by atoms with E-state index in [-0.39, 0.29) is 25.8 Å². The zero-order valence-electron chi connectivity index (χ0n) is 11.9. The number of ether oxygens (including phenoxy) is 1. The van der Waals surface area contributed by atoms with Gasteiger partial charge in [-0.3, -0.25) is 9.59 Å². The second-order valence-corrected chi connectivity index (χ2v) is 5.43. The van der Waals surface area contributed by atoms with Crippen LogP contribution in [0.4, 0.5) is 4.79 Å². The van der Waals surface area contributed by atoms with E-state index in [9.17, 15) is 19.5 Å². The van der Waals surface area contributed by atoms with E-state index in [0.29, 0.717) is 0 Å². The zero-order valence-corrected chi connectivity index (χ0v) is 11.9. The van der Waals surface area contributed by atoms with Crippen LogP contribution in [0.3, 0.4) is 0 Å². The van der Waals surface area contributed by atoms with Gasteiger partial charge in [0.1, 0.15) is 12.0 Å². The summed E-state index contributed by atoms with van der Waals surface area (Å²) in [6.45, 7) is 4.93. The normalized spacial score (nSPS) is 25.5. The van der Waals surface area contributed by atoms with Crippen LogP contribution >= 0.6 is 0 Å². The van der Waals surface area contributed by atoms with Crippen LogP contribution in [-0.2, 0) is 14.3 Å². The van der Waals surface area contributed by atoms with Crippen molar-refractivity contribution in [3.8, 4) is 0 Å². The van der Waals surface area contributed by atoms with Crippen LogP contribution in [-0.4, -0.2) is 59.8 Å². The lowest BCUT2D eigenvalue weighted by Crippen LogP contribution is -2.55. The van der Waals surface area contributed by atoms with Crippen LogP contribution < -0.4 is 11.1 Å². The zero-order chi connectivity index (χ0) is 15.5. The predicted molar refractivity (Wildman–Crippen MR) is 69.9 cm³/mol. The second kappa shape index (κ2) is 6.08. The summed E-state index contributed by atoms with van der Waals surface area (Å²) in [4.78, 5) is 35.6. The lowest BCUT2D eigenvalue weighted by Gasteiger charge is -2.30. The fourth-order valence-corrected chi connectivity index (χ4v) is 1.97. The molecule has 1 saturated heterocycles. The number of urea groups is 1. The Morgan fingerprint density at radius 3 is 2.55 bits per heavy atom. The molecule has 1 rings (SSSR count). The Kier molecular flexibility index (Phi) is 4.93. The molecule has 1 heterocycles. The van der Waals surface area contributed by atoms with Crippen LogP contribution in [0, 0.1) is 5.41 Å². The highest BCUT2D eigenvalue weighted by atomic mass is 16.5. The Morgan fingerprint density at radius 1 is 1.50 bits per heavy atom. The Morgan fingerprint density at radius 2 is 2.10 bits per heavy atom. The molecule has 8 heteroatoms. The van der Waals surface area contributed by atoms with Crippen LogP contribution in [0.1, 0.15) is 20.8 Å². The number of nitrogens with one attached hydrogen (secondary N) is 1. The molecule has 0 bridgehead atoms. The molecule has 4 N–H and O–H groups in total. The fraction of sp³-hybridized carbons (Fsp3) is 0.750. The van der Waals surface area contributed by atoms with Crippen molar-refractivity contribution < 1.29 is 24.2 Å². The van der Waals surface area contributed by atoms with E-state index in [0.717, 1.165) is 0 Å². The lowest BCUT2D eigenvalue weighted by molar-refractivity contribution is -0.148. The summed E-state index contributed by atoms with van der Waals surface area (Å²) in [5, 5.41) is 11.8. The number of rotatable bonds is 5. The van der Waals surface area contributed by atoms with Crippen molar-refractivity contribution in [2.24, 2.45) is 11.1 Å². The summed E-state index contributed by atoms with van der Waals surface area (Å²) in [6.07, 6.45) is 0. The molecule has 0 spiro atoms. The summed E-state index contributed by atoms with van der Waals surface area (Å²) in [6, 6.07) is -1.41. The highest BCUT2D eigenvalue weighted by molar-refractivity contribution is 5.84. The standard InChI is InChI=1S/C12H21N3O5/c1-7(2)15(4-9(13)16)11(19)14-8-5-20-6-12(8,3)10(17)18/h7-8H,4-6H2,1-3H3,(H2,13,16)(H,14,19)(H,17,18). The van der Waals surface area contributed by atoms with Gasteiger partial charge in [0, 0.05) is 6.04 Å². The Balaban J connectivity index is 2.78. The van der Waals surface area contributed by atoms with E-state index >= 15 is 0 Å². The molecule has 2 atom stereocenters. The molecule has 0 saturated carbocycles. The minimum atomic E-state index is -1.18. The van der Waals surface area contributed by atoms with Crippen molar-refractivity contribution in [3.05, 3.63) is 0 Å². The van der Waals surface area contributed by atoms with Gasteiger partial charge in [-0.05, 0) is 20.8 Å². The van der Waals surface area contributed by atoms with Gasteiger partial charge in [0.2, 0.25) is 5.91 Å². The van der Waals surface area contributed by atoms with Gasteiger partial charge in [-0.1, -0.05) is 0 Å². The second-order valence-electron chi connectivity index (χ2n) is 5.43. The molecule has 8 nitrogen and oxygen atoms in total.